The molecule has 1 rings (SSSR count). The van der Waals surface area contributed by atoms with Gasteiger partial charge in [0.15, 0.2) is 0 Å². The lowest BCUT2D eigenvalue weighted by molar-refractivity contribution is -0.134. The zero-order chi connectivity index (χ0) is 10.6. The lowest BCUT2D eigenvalue weighted by Gasteiger charge is -1.95. The number of aliphatic carboxylic acids is 1. The van der Waals surface area contributed by atoms with Gasteiger partial charge < -0.3 is 5.11 Å². The fourth-order valence-corrected chi connectivity index (χ4v) is 0.923. The Bertz CT molecular complexity index is 432. The van der Waals surface area contributed by atoms with Crippen LogP contribution in [0.25, 0.3) is 6.08 Å². The Morgan fingerprint density at radius 1 is 1.50 bits per heavy atom. The molecule has 0 atom stereocenters. The Balaban J connectivity index is 3.15. The zero-order valence-electron chi connectivity index (χ0n) is 7.07. The molecule has 70 valence electrons. The van der Waals surface area contributed by atoms with Crippen molar-refractivity contribution in [2.24, 2.45) is 0 Å². The Labute approximate surface area is 79.7 Å². The minimum atomic E-state index is -1.64. The van der Waals surface area contributed by atoms with Gasteiger partial charge in [0.2, 0.25) is 5.83 Å². The number of carboxylic acid groups (broad SMARTS) is 1. The van der Waals surface area contributed by atoms with Crippen LogP contribution < -0.4 is 0 Å². The van der Waals surface area contributed by atoms with E-state index in [1.54, 1.807) is 12.1 Å². The van der Waals surface area contributed by atoms with Crippen LogP contribution >= 0.6 is 0 Å². The smallest absolute Gasteiger partial charge is 0.364 e. The molecule has 0 aromatic heterocycles. The van der Waals surface area contributed by atoms with E-state index in [2.05, 4.69) is 0 Å². The second-order valence-electron chi connectivity index (χ2n) is 2.50. The van der Waals surface area contributed by atoms with Crippen molar-refractivity contribution >= 4 is 12.0 Å². The molecule has 3 nitrogen and oxygen atoms in total. The van der Waals surface area contributed by atoms with Gasteiger partial charge in [-0.3, -0.25) is 0 Å². The molecule has 0 saturated carbocycles. The maximum atomic E-state index is 12.7. The fourth-order valence-electron chi connectivity index (χ4n) is 0.923. The summed E-state index contributed by atoms with van der Waals surface area (Å²) in [5.74, 6) is -2.93. The van der Waals surface area contributed by atoms with Crippen LogP contribution in [0, 0.1) is 11.3 Å². The van der Waals surface area contributed by atoms with Crippen molar-refractivity contribution in [1.29, 1.82) is 5.26 Å². The summed E-state index contributed by atoms with van der Waals surface area (Å²) in [6, 6.07) is 8.01. The van der Waals surface area contributed by atoms with E-state index < -0.39 is 11.8 Å². The van der Waals surface area contributed by atoms with Gasteiger partial charge in [-0.05, 0) is 17.7 Å². The molecule has 0 fully saturated rings. The number of rotatable bonds is 2. The highest BCUT2D eigenvalue weighted by Gasteiger charge is 2.06. The number of hydrogen-bond acceptors (Lipinski definition) is 2. The summed E-state index contributed by atoms with van der Waals surface area (Å²) < 4.78 is 12.7. The molecule has 0 heterocycles. The molecule has 1 aromatic carbocycles. The molecular formula is C10H6FNO2. The highest BCUT2D eigenvalue weighted by atomic mass is 19.1. The second-order valence-corrected chi connectivity index (χ2v) is 2.50. The average Bonchev–Trinajstić information content (AvgIpc) is 2.18. The molecule has 4 heteroatoms. The first-order valence-electron chi connectivity index (χ1n) is 3.75. The molecule has 0 spiro atoms. The maximum Gasteiger partial charge on any atom is 0.364 e. The van der Waals surface area contributed by atoms with E-state index in [-0.39, 0.29) is 11.1 Å². The van der Waals surface area contributed by atoms with Gasteiger partial charge in [-0.1, -0.05) is 18.2 Å². The summed E-state index contributed by atoms with van der Waals surface area (Å²) in [5.41, 5.74) is 0.499. The summed E-state index contributed by atoms with van der Waals surface area (Å²) in [6.45, 7) is 0. The lowest BCUT2D eigenvalue weighted by Crippen LogP contribution is -1.94. The van der Waals surface area contributed by atoms with Gasteiger partial charge in [-0.15, -0.1) is 0 Å². The molecule has 0 radical (unpaired) electrons. The van der Waals surface area contributed by atoms with Crippen LogP contribution in [0.4, 0.5) is 4.39 Å². The molecule has 1 aromatic rings. The van der Waals surface area contributed by atoms with Crippen LogP contribution in [-0.2, 0) is 4.79 Å². The van der Waals surface area contributed by atoms with E-state index in [9.17, 15) is 9.18 Å². The summed E-state index contributed by atoms with van der Waals surface area (Å²) in [4.78, 5) is 10.2. The molecular weight excluding hydrogens is 185 g/mol. The largest absolute Gasteiger partial charge is 0.476 e. The minimum absolute atomic E-state index is 0.240. The quantitative estimate of drug-likeness (QED) is 0.726. The SMILES string of the molecule is N#Cc1ccccc1/C=C(\F)C(=O)O. The molecule has 0 aliphatic heterocycles. The monoisotopic (exact) mass is 191 g/mol. The van der Waals surface area contributed by atoms with Crippen LogP contribution in [0.15, 0.2) is 30.1 Å². The molecule has 0 amide bonds. The van der Waals surface area contributed by atoms with Crippen LogP contribution in [0.1, 0.15) is 11.1 Å². The summed E-state index contributed by atoms with van der Waals surface area (Å²) in [6.07, 6.45) is 0.820. The maximum absolute atomic E-state index is 12.7. The Kier molecular flexibility index (Phi) is 2.97. The van der Waals surface area contributed by atoms with E-state index in [4.69, 9.17) is 10.4 Å². The van der Waals surface area contributed by atoms with Gasteiger partial charge in [-0.25, -0.2) is 4.79 Å². The topological polar surface area (TPSA) is 61.1 Å². The van der Waals surface area contributed by atoms with Gasteiger partial charge >= 0.3 is 5.97 Å². The molecule has 14 heavy (non-hydrogen) atoms. The number of halogens is 1. The Hall–Kier alpha value is -2.15. The molecule has 1 N–H and O–H groups in total. The van der Waals surface area contributed by atoms with Crippen molar-refractivity contribution in [3.8, 4) is 6.07 Å². The van der Waals surface area contributed by atoms with Crippen molar-refractivity contribution < 1.29 is 14.3 Å². The number of nitriles is 1. The summed E-state index contributed by atoms with van der Waals surface area (Å²) in [5, 5.41) is 16.9. The van der Waals surface area contributed by atoms with E-state index >= 15 is 0 Å². The third-order valence-electron chi connectivity index (χ3n) is 1.57. The van der Waals surface area contributed by atoms with Crippen LogP contribution in [0.3, 0.4) is 0 Å². The van der Waals surface area contributed by atoms with Crippen LogP contribution in [0.5, 0.6) is 0 Å². The van der Waals surface area contributed by atoms with Crippen molar-refractivity contribution in [2.75, 3.05) is 0 Å². The summed E-state index contributed by atoms with van der Waals surface area (Å²) >= 11 is 0. The first-order valence-corrected chi connectivity index (χ1v) is 3.75. The van der Waals surface area contributed by atoms with E-state index in [0.29, 0.717) is 0 Å². The van der Waals surface area contributed by atoms with E-state index in [1.165, 1.54) is 12.1 Å². The van der Waals surface area contributed by atoms with Gasteiger partial charge in [0.25, 0.3) is 0 Å². The lowest BCUT2D eigenvalue weighted by atomic mass is 10.1. The first kappa shape index (κ1) is 9.93. The van der Waals surface area contributed by atoms with Crippen molar-refractivity contribution in [1.82, 2.24) is 0 Å². The van der Waals surface area contributed by atoms with Crippen molar-refractivity contribution in [2.45, 2.75) is 0 Å². The predicted molar refractivity (Wildman–Crippen MR) is 47.9 cm³/mol. The molecule has 0 saturated heterocycles. The third kappa shape index (κ3) is 2.17. The van der Waals surface area contributed by atoms with Gasteiger partial charge in [0, 0.05) is 0 Å². The standard InChI is InChI=1S/C10H6FNO2/c11-9(10(13)14)5-7-3-1-2-4-8(7)6-12/h1-5H,(H,13,14)/b9-5-. The number of hydrogen-bond donors (Lipinski definition) is 1. The zero-order valence-corrected chi connectivity index (χ0v) is 7.07. The van der Waals surface area contributed by atoms with E-state index in [1.807, 2.05) is 6.07 Å². The van der Waals surface area contributed by atoms with Crippen LogP contribution in [-0.4, -0.2) is 11.1 Å². The highest BCUT2D eigenvalue weighted by Crippen LogP contribution is 2.12. The van der Waals surface area contributed by atoms with Crippen molar-refractivity contribution in [3.63, 3.8) is 0 Å². The average molecular weight is 191 g/mol. The Morgan fingerprint density at radius 3 is 2.71 bits per heavy atom. The van der Waals surface area contributed by atoms with Gasteiger partial charge in [-0.2, -0.15) is 9.65 Å². The summed E-state index contributed by atoms with van der Waals surface area (Å²) in [7, 11) is 0. The van der Waals surface area contributed by atoms with Crippen molar-refractivity contribution in [3.05, 3.63) is 41.2 Å². The number of nitrogens with zero attached hydrogens (tertiary/aromatic N) is 1. The minimum Gasteiger partial charge on any atom is -0.476 e. The second kappa shape index (κ2) is 4.19. The first-order chi connectivity index (χ1) is 6.65. The van der Waals surface area contributed by atoms with Crippen LogP contribution in [0.2, 0.25) is 0 Å². The molecule has 0 unspecified atom stereocenters. The van der Waals surface area contributed by atoms with E-state index in [0.717, 1.165) is 6.08 Å². The molecule has 0 bridgehead atoms. The number of benzene rings is 1. The fraction of sp³-hybridized carbons (Fsp3) is 0. The predicted octanol–water partition coefficient (Wildman–Crippen LogP) is 1.95. The molecule has 0 aliphatic rings. The highest BCUT2D eigenvalue weighted by molar-refractivity contribution is 5.90. The number of carbonyl (C=O) groups is 1. The third-order valence-corrected chi connectivity index (χ3v) is 1.57. The van der Waals surface area contributed by atoms with Gasteiger partial charge in [0.1, 0.15) is 0 Å². The van der Waals surface area contributed by atoms with Gasteiger partial charge in [0.05, 0.1) is 11.6 Å². The molecule has 0 aliphatic carbocycles. The number of carboxylic acids is 1. The normalized spacial score (nSPS) is 10.7. The Morgan fingerprint density at radius 2 is 2.14 bits per heavy atom.